The van der Waals surface area contributed by atoms with Gasteiger partial charge in [0.05, 0.1) is 0 Å². The van der Waals surface area contributed by atoms with Crippen molar-refractivity contribution in [2.75, 3.05) is 0 Å². The fourth-order valence-corrected chi connectivity index (χ4v) is 1.89. The fourth-order valence-electron chi connectivity index (χ4n) is 1.89. The van der Waals surface area contributed by atoms with Crippen LogP contribution in [0.1, 0.15) is 11.1 Å². The van der Waals surface area contributed by atoms with E-state index >= 15 is 0 Å². The van der Waals surface area contributed by atoms with Gasteiger partial charge in [-0.2, -0.15) is 0 Å². The maximum Gasteiger partial charge on any atom is 0.115 e. The van der Waals surface area contributed by atoms with Crippen LogP contribution in [0.2, 0.25) is 0 Å². The lowest BCUT2D eigenvalue weighted by Crippen LogP contribution is -1.86. The van der Waals surface area contributed by atoms with Crippen LogP contribution in [0.5, 0.6) is 17.2 Å². The van der Waals surface area contributed by atoms with E-state index in [1.54, 1.807) is 48.5 Å². The second-order valence-electron chi connectivity index (χ2n) is 4.85. The first kappa shape index (κ1) is 15.4. The molecule has 0 heterocycles. The minimum Gasteiger partial charge on any atom is -0.508 e. The summed E-state index contributed by atoms with van der Waals surface area (Å²) in [4.78, 5) is 0. The van der Waals surface area contributed by atoms with Crippen molar-refractivity contribution in [2.45, 2.75) is 6.42 Å². The molecule has 0 amide bonds. The Labute approximate surface area is 129 Å². The second-order valence-corrected chi connectivity index (χ2v) is 4.85. The van der Waals surface area contributed by atoms with E-state index in [2.05, 4.69) is 0 Å². The van der Waals surface area contributed by atoms with Crippen molar-refractivity contribution >= 4 is 0 Å². The van der Waals surface area contributed by atoms with Gasteiger partial charge in [-0.1, -0.05) is 42.5 Å². The molecule has 0 atom stereocenters. The van der Waals surface area contributed by atoms with E-state index in [4.69, 9.17) is 15.3 Å². The van der Waals surface area contributed by atoms with Crippen molar-refractivity contribution in [3.8, 4) is 17.2 Å². The highest BCUT2D eigenvalue weighted by molar-refractivity contribution is 5.33. The third-order valence-electron chi connectivity index (χ3n) is 3.04. The monoisotopic (exact) mass is 294 g/mol. The first-order chi connectivity index (χ1) is 10.6. The Kier molecular flexibility index (Phi) is 5.44. The summed E-state index contributed by atoms with van der Waals surface area (Å²) in [7, 11) is 0. The van der Waals surface area contributed by atoms with Crippen LogP contribution in [0.4, 0.5) is 0 Å². The predicted molar refractivity (Wildman–Crippen MR) is 87.1 cm³/mol. The molecule has 3 aromatic carbocycles. The van der Waals surface area contributed by atoms with E-state index in [1.165, 1.54) is 0 Å². The lowest BCUT2D eigenvalue weighted by molar-refractivity contribution is 0.474. The lowest BCUT2D eigenvalue weighted by Gasteiger charge is -2.02. The number of rotatable bonds is 2. The van der Waals surface area contributed by atoms with Gasteiger partial charge >= 0.3 is 0 Å². The molecule has 0 radical (unpaired) electrons. The van der Waals surface area contributed by atoms with E-state index in [-0.39, 0.29) is 11.5 Å². The highest BCUT2D eigenvalue weighted by Gasteiger charge is 1.96. The summed E-state index contributed by atoms with van der Waals surface area (Å²) in [5.41, 5.74) is 2.27. The number of para-hydroxylation sites is 1. The van der Waals surface area contributed by atoms with Crippen LogP contribution in [0.25, 0.3) is 0 Å². The molecule has 0 saturated heterocycles. The van der Waals surface area contributed by atoms with Crippen molar-refractivity contribution in [1.82, 2.24) is 0 Å². The average Bonchev–Trinajstić information content (AvgIpc) is 2.53. The topological polar surface area (TPSA) is 60.7 Å². The Balaban J connectivity index is 0.000000211. The molecule has 0 aromatic heterocycles. The van der Waals surface area contributed by atoms with E-state index in [0.717, 1.165) is 17.5 Å². The van der Waals surface area contributed by atoms with Crippen molar-refractivity contribution in [1.29, 1.82) is 0 Å². The second kappa shape index (κ2) is 7.74. The zero-order chi connectivity index (χ0) is 15.8. The molecular formula is C19H18O3. The first-order valence-electron chi connectivity index (χ1n) is 6.93. The third kappa shape index (κ3) is 5.21. The Morgan fingerprint density at radius 1 is 0.455 bits per heavy atom. The molecule has 0 spiro atoms. The van der Waals surface area contributed by atoms with Crippen LogP contribution in [-0.4, -0.2) is 15.3 Å². The molecule has 0 unspecified atom stereocenters. The van der Waals surface area contributed by atoms with Crippen LogP contribution in [0, 0.1) is 0 Å². The first-order valence-corrected chi connectivity index (χ1v) is 6.93. The van der Waals surface area contributed by atoms with Crippen molar-refractivity contribution in [3.05, 3.63) is 90.0 Å². The highest BCUT2D eigenvalue weighted by Crippen LogP contribution is 2.16. The van der Waals surface area contributed by atoms with Gasteiger partial charge in [-0.05, 0) is 53.9 Å². The predicted octanol–water partition coefficient (Wildman–Crippen LogP) is 4.08. The molecule has 0 saturated carbocycles. The van der Waals surface area contributed by atoms with E-state index in [1.807, 2.05) is 30.3 Å². The number of phenolic OH excluding ortho intramolecular Hbond substituents is 3. The van der Waals surface area contributed by atoms with Crippen molar-refractivity contribution in [3.63, 3.8) is 0 Å². The number of phenols is 3. The molecule has 0 aliphatic heterocycles. The van der Waals surface area contributed by atoms with Gasteiger partial charge in [0.1, 0.15) is 17.2 Å². The van der Waals surface area contributed by atoms with Gasteiger partial charge < -0.3 is 15.3 Å². The van der Waals surface area contributed by atoms with Gasteiger partial charge in [0.25, 0.3) is 0 Å². The van der Waals surface area contributed by atoms with Gasteiger partial charge in [-0.25, -0.2) is 0 Å². The third-order valence-corrected chi connectivity index (χ3v) is 3.04. The smallest absolute Gasteiger partial charge is 0.115 e. The largest absolute Gasteiger partial charge is 0.508 e. The van der Waals surface area contributed by atoms with Crippen LogP contribution in [-0.2, 0) is 6.42 Å². The van der Waals surface area contributed by atoms with Crippen LogP contribution < -0.4 is 0 Å². The van der Waals surface area contributed by atoms with Gasteiger partial charge in [0.15, 0.2) is 0 Å². The summed E-state index contributed by atoms with van der Waals surface area (Å²) in [6.07, 6.45) is 0.806. The van der Waals surface area contributed by atoms with Crippen LogP contribution >= 0.6 is 0 Å². The average molecular weight is 294 g/mol. The Morgan fingerprint density at radius 3 is 1.14 bits per heavy atom. The zero-order valence-electron chi connectivity index (χ0n) is 12.1. The summed E-state index contributed by atoms with van der Waals surface area (Å²) < 4.78 is 0. The van der Waals surface area contributed by atoms with E-state index in [0.29, 0.717) is 5.75 Å². The molecule has 3 rings (SSSR count). The maximum absolute atomic E-state index is 9.13. The molecule has 0 bridgehead atoms. The minimum atomic E-state index is 0.282. The van der Waals surface area contributed by atoms with E-state index < -0.39 is 0 Å². The Bertz CT molecular complexity index is 631. The lowest BCUT2D eigenvalue weighted by atomic mass is 10.1. The normalized spacial score (nSPS) is 9.64. The zero-order valence-corrected chi connectivity index (χ0v) is 12.1. The molecule has 3 heteroatoms. The summed E-state index contributed by atoms with van der Waals surface area (Å²) in [6.45, 7) is 0. The van der Waals surface area contributed by atoms with Gasteiger partial charge in [-0.3, -0.25) is 0 Å². The molecule has 3 N–H and O–H groups in total. The standard InChI is InChI=1S/C13H12O2.C6H6O/c14-12-5-1-10(2-6-12)9-11-3-7-13(15)8-4-11;7-6-4-2-1-3-5-6/h1-8,14-15H,9H2;1-5,7H. The molecule has 3 nitrogen and oxygen atoms in total. The SMILES string of the molecule is Oc1ccc(Cc2ccc(O)cc2)cc1.Oc1ccccc1. The van der Waals surface area contributed by atoms with Crippen LogP contribution in [0.3, 0.4) is 0 Å². The molecule has 0 fully saturated rings. The fraction of sp³-hybridized carbons (Fsp3) is 0.0526. The quantitative estimate of drug-likeness (QED) is 0.667. The molecule has 112 valence electrons. The van der Waals surface area contributed by atoms with Gasteiger partial charge in [0, 0.05) is 0 Å². The summed E-state index contributed by atoms with van der Waals surface area (Å²) in [5.74, 6) is 0.886. The molecular weight excluding hydrogens is 276 g/mol. The van der Waals surface area contributed by atoms with Gasteiger partial charge in [-0.15, -0.1) is 0 Å². The molecule has 22 heavy (non-hydrogen) atoms. The minimum absolute atomic E-state index is 0.282. The van der Waals surface area contributed by atoms with Gasteiger partial charge in [0.2, 0.25) is 0 Å². The Hall–Kier alpha value is -2.94. The number of hydrogen-bond acceptors (Lipinski definition) is 3. The summed E-state index contributed by atoms with van der Waals surface area (Å²) in [6, 6.07) is 23.0. The van der Waals surface area contributed by atoms with E-state index in [9.17, 15) is 0 Å². The number of hydrogen-bond donors (Lipinski definition) is 3. The molecule has 0 aliphatic rings. The number of aromatic hydroxyl groups is 3. The van der Waals surface area contributed by atoms with Crippen molar-refractivity contribution < 1.29 is 15.3 Å². The van der Waals surface area contributed by atoms with Crippen LogP contribution in [0.15, 0.2) is 78.9 Å². The molecule has 0 aliphatic carbocycles. The Morgan fingerprint density at radius 2 is 0.818 bits per heavy atom. The maximum atomic E-state index is 9.13. The summed E-state index contributed by atoms with van der Waals surface area (Å²) in [5, 5.41) is 26.9. The molecule has 3 aromatic rings. The van der Waals surface area contributed by atoms with Crippen molar-refractivity contribution in [2.24, 2.45) is 0 Å². The highest BCUT2D eigenvalue weighted by atomic mass is 16.3. The summed E-state index contributed by atoms with van der Waals surface area (Å²) >= 11 is 0. The number of benzene rings is 3.